The smallest absolute Gasteiger partial charge is 0.138 e. The second kappa shape index (κ2) is 5.79. The molecule has 3 aromatic rings. The highest BCUT2D eigenvalue weighted by Gasteiger charge is 2.10. The third-order valence-corrected chi connectivity index (χ3v) is 3.23. The largest absolute Gasteiger partial charge is 0.490 e. The number of aromatic nitrogens is 2. The highest BCUT2D eigenvalue weighted by molar-refractivity contribution is 6.05. The molecule has 0 saturated carbocycles. The Bertz CT molecular complexity index is 813. The molecule has 0 spiro atoms. The lowest BCUT2D eigenvalue weighted by atomic mass is 10.1. The zero-order chi connectivity index (χ0) is 15.7. The SMILES string of the molecule is CC(C)Oc1cnc2c(ccc3c(OC(C)C)ccnc32)c1. The molecule has 0 aliphatic rings. The van der Waals surface area contributed by atoms with Crippen molar-refractivity contribution < 1.29 is 9.47 Å². The van der Waals surface area contributed by atoms with Crippen molar-refractivity contribution in [2.75, 3.05) is 0 Å². The molecule has 114 valence electrons. The average molecular weight is 296 g/mol. The maximum absolute atomic E-state index is 5.86. The van der Waals surface area contributed by atoms with Crippen molar-refractivity contribution in [3.8, 4) is 11.5 Å². The van der Waals surface area contributed by atoms with E-state index in [2.05, 4.69) is 9.97 Å². The Hall–Kier alpha value is -2.36. The van der Waals surface area contributed by atoms with Crippen molar-refractivity contribution in [1.29, 1.82) is 0 Å². The van der Waals surface area contributed by atoms with Gasteiger partial charge in [0, 0.05) is 17.0 Å². The zero-order valence-electron chi connectivity index (χ0n) is 13.3. The summed E-state index contributed by atoms with van der Waals surface area (Å²) in [5, 5.41) is 1.99. The Morgan fingerprint density at radius 3 is 2.36 bits per heavy atom. The molecule has 0 amide bonds. The number of hydrogen-bond donors (Lipinski definition) is 0. The maximum atomic E-state index is 5.86. The Balaban J connectivity index is 2.15. The minimum absolute atomic E-state index is 0.121. The van der Waals surface area contributed by atoms with E-state index >= 15 is 0 Å². The number of rotatable bonds is 4. The quantitative estimate of drug-likeness (QED) is 0.671. The van der Waals surface area contributed by atoms with Crippen LogP contribution in [0.1, 0.15) is 27.7 Å². The lowest BCUT2D eigenvalue weighted by Gasteiger charge is -2.13. The predicted octanol–water partition coefficient (Wildman–Crippen LogP) is 4.36. The lowest BCUT2D eigenvalue weighted by Crippen LogP contribution is -2.06. The number of fused-ring (bicyclic) bond motifs is 3. The first-order valence-corrected chi connectivity index (χ1v) is 7.55. The molecule has 1 aromatic carbocycles. The van der Waals surface area contributed by atoms with Crippen LogP contribution in [-0.4, -0.2) is 22.2 Å². The monoisotopic (exact) mass is 296 g/mol. The minimum atomic E-state index is 0.121. The van der Waals surface area contributed by atoms with Crippen LogP contribution >= 0.6 is 0 Å². The van der Waals surface area contributed by atoms with Crippen LogP contribution in [0.2, 0.25) is 0 Å². The molecule has 0 atom stereocenters. The Morgan fingerprint density at radius 2 is 1.64 bits per heavy atom. The van der Waals surface area contributed by atoms with E-state index in [4.69, 9.17) is 9.47 Å². The lowest BCUT2D eigenvalue weighted by molar-refractivity contribution is 0.242. The van der Waals surface area contributed by atoms with Gasteiger partial charge in [-0.2, -0.15) is 0 Å². The van der Waals surface area contributed by atoms with Gasteiger partial charge in [0.05, 0.1) is 23.9 Å². The maximum Gasteiger partial charge on any atom is 0.138 e. The average Bonchev–Trinajstić information content (AvgIpc) is 2.45. The van der Waals surface area contributed by atoms with Gasteiger partial charge in [-0.05, 0) is 45.9 Å². The summed E-state index contributed by atoms with van der Waals surface area (Å²) < 4.78 is 11.6. The van der Waals surface area contributed by atoms with Crippen molar-refractivity contribution in [3.63, 3.8) is 0 Å². The highest BCUT2D eigenvalue weighted by atomic mass is 16.5. The van der Waals surface area contributed by atoms with Crippen molar-refractivity contribution in [3.05, 3.63) is 36.7 Å². The first kappa shape index (κ1) is 14.6. The first-order valence-electron chi connectivity index (χ1n) is 7.55. The molecule has 0 unspecified atom stereocenters. The van der Waals surface area contributed by atoms with Crippen LogP contribution < -0.4 is 9.47 Å². The standard InChI is InChI=1S/C18H20N2O2/c1-11(2)21-14-9-13-5-6-15-16(22-12(3)4)7-8-19-18(15)17(13)20-10-14/h5-12H,1-4H3. The van der Waals surface area contributed by atoms with Gasteiger partial charge in [-0.1, -0.05) is 6.07 Å². The summed E-state index contributed by atoms with van der Waals surface area (Å²) in [7, 11) is 0. The molecule has 22 heavy (non-hydrogen) atoms. The summed E-state index contributed by atoms with van der Waals surface area (Å²) in [5.41, 5.74) is 1.72. The number of pyridine rings is 2. The molecule has 0 fully saturated rings. The second-order valence-corrected chi connectivity index (χ2v) is 5.85. The summed E-state index contributed by atoms with van der Waals surface area (Å²) in [4.78, 5) is 9.02. The van der Waals surface area contributed by atoms with Gasteiger partial charge in [0.15, 0.2) is 0 Å². The summed E-state index contributed by atoms with van der Waals surface area (Å²) in [6, 6.07) is 7.96. The molecular formula is C18H20N2O2. The van der Waals surface area contributed by atoms with E-state index in [0.717, 1.165) is 33.3 Å². The van der Waals surface area contributed by atoms with Crippen LogP contribution in [0.15, 0.2) is 36.7 Å². The molecule has 0 N–H and O–H groups in total. The van der Waals surface area contributed by atoms with Gasteiger partial charge < -0.3 is 9.47 Å². The molecular weight excluding hydrogens is 276 g/mol. The Kier molecular flexibility index (Phi) is 3.84. The molecule has 3 rings (SSSR count). The van der Waals surface area contributed by atoms with Gasteiger partial charge in [-0.25, -0.2) is 0 Å². The molecule has 2 heterocycles. The fraction of sp³-hybridized carbons (Fsp3) is 0.333. The third-order valence-electron chi connectivity index (χ3n) is 3.23. The van der Waals surface area contributed by atoms with E-state index in [0.29, 0.717) is 0 Å². The van der Waals surface area contributed by atoms with E-state index in [1.807, 2.05) is 52.0 Å². The summed E-state index contributed by atoms with van der Waals surface area (Å²) in [6.45, 7) is 8.03. The fourth-order valence-electron chi connectivity index (χ4n) is 2.46. The number of benzene rings is 1. The van der Waals surface area contributed by atoms with E-state index in [9.17, 15) is 0 Å². The van der Waals surface area contributed by atoms with Crippen LogP contribution in [0, 0.1) is 0 Å². The summed E-state index contributed by atoms with van der Waals surface area (Å²) >= 11 is 0. The first-order chi connectivity index (χ1) is 10.5. The molecule has 4 nitrogen and oxygen atoms in total. The van der Waals surface area contributed by atoms with Gasteiger partial charge in [0.2, 0.25) is 0 Å². The van der Waals surface area contributed by atoms with Gasteiger partial charge in [0.25, 0.3) is 0 Å². The van der Waals surface area contributed by atoms with Gasteiger partial charge in [0.1, 0.15) is 17.0 Å². The van der Waals surface area contributed by atoms with Gasteiger partial charge in [-0.15, -0.1) is 0 Å². The van der Waals surface area contributed by atoms with Crippen LogP contribution in [-0.2, 0) is 0 Å². The molecule has 0 aliphatic heterocycles. The Morgan fingerprint density at radius 1 is 0.864 bits per heavy atom. The van der Waals surface area contributed by atoms with E-state index in [1.165, 1.54) is 0 Å². The van der Waals surface area contributed by atoms with Gasteiger partial charge in [-0.3, -0.25) is 9.97 Å². The number of nitrogens with zero attached hydrogens (tertiary/aromatic N) is 2. The third kappa shape index (κ3) is 2.82. The highest BCUT2D eigenvalue weighted by Crippen LogP contribution is 2.31. The van der Waals surface area contributed by atoms with E-state index in [1.54, 1.807) is 12.4 Å². The summed E-state index contributed by atoms with van der Waals surface area (Å²) in [5.74, 6) is 1.61. The van der Waals surface area contributed by atoms with E-state index in [-0.39, 0.29) is 12.2 Å². The minimum Gasteiger partial charge on any atom is -0.490 e. The molecule has 2 aromatic heterocycles. The van der Waals surface area contributed by atoms with Crippen molar-refractivity contribution in [2.24, 2.45) is 0 Å². The number of ether oxygens (including phenoxy) is 2. The van der Waals surface area contributed by atoms with Crippen molar-refractivity contribution in [2.45, 2.75) is 39.9 Å². The fourth-order valence-corrected chi connectivity index (χ4v) is 2.46. The zero-order valence-corrected chi connectivity index (χ0v) is 13.3. The molecule has 0 aliphatic carbocycles. The normalized spacial score (nSPS) is 11.5. The molecule has 0 bridgehead atoms. The molecule has 0 saturated heterocycles. The van der Waals surface area contributed by atoms with Gasteiger partial charge >= 0.3 is 0 Å². The topological polar surface area (TPSA) is 44.2 Å². The molecule has 0 radical (unpaired) electrons. The predicted molar refractivity (Wildman–Crippen MR) is 88.6 cm³/mol. The van der Waals surface area contributed by atoms with Crippen LogP contribution in [0.5, 0.6) is 11.5 Å². The van der Waals surface area contributed by atoms with Crippen molar-refractivity contribution in [1.82, 2.24) is 9.97 Å². The van der Waals surface area contributed by atoms with Crippen molar-refractivity contribution >= 4 is 21.8 Å². The number of hydrogen-bond acceptors (Lipinski definition) is 4. The van der Waals surface area contributed by atoms with Crippen LogP contribution in [0.25, 0.3) is 21.8 Å². The molecule has 4 heteroatoms. The summed E-state index contributed by atoms with van der Waals surface area (Å²) in [6.07, 6.45) is 3.76. The second-order valence-electron chi connectivity index (χ2n) is 5.85. The Labute approximate surface area is 130 Å². The van der Waals surface area contributed by atoms with E-state index < -0.39 is 0 Å². The van der Waals surface area contributed by atoms with Crippen LogP contribution in [0.4, 0.5) is 0 Å². The van der Waals surface area contributed by atoms with Crippen LogP contribution in [0.3, 0.4) is 0 Å².